The molecule has 0 aliphatic rings. The van der Waals surface area contributed by atoms with Crippen LogP contribution in [0.1, 0.15) is 21.7 Å². The zero-order chi connectivity index (χ0) is 18.8. The summed E-state index contributed by atoms with van der Waals surface area (Å²) < 4.78 is 33.0. The standard InChI is InChI=1S/C17H13ClF2N4O2/c1-9-13(23-24(22-9)11-4-2-10(18)3-5-11)8-26-14-7-6-12(19)15(16(14)20)17(21)25/h2-7H,8H2,1H3,(H2,21,25). The van der Waals surface area contributed by atoms with E-state index in [1.807, 2.05) is 0 Å². The number of amides is 1. The van der Waals surface area contributed by atoms with Crippen molar-refractivity contribution in [3.05, 3.63) is 70.0 Å². The Balaban J connectivity index is 1.82. The summed E-state index contributed by atoms with van der Waals surface area (Å²) in [6.07, 6.45) is 0. The maximum atomic E-state index is 14.2. The molecule has 3 aromatic rings. The molecular formula is C17H13ClF2N4O2. The van der Waals surface area contributed by atoms with Gasteiger partial charge in [-0.05, 0) is 43.3 Å². The molecule has 26 heavy (non-hydrogen) atoms. The summed E-state index contributed by atoms with van der Waals surface area (Å²) in [6.45, 7) is 1.59. The maximum Gasteiger partial charge on any atom is 0.254 e. The summed E-state index contributed by atoms with van der Waals surface area (Å²) in [4.78, 5) is 12.5. The van der Waals surface area contributed by atoms with E-state index in [1.54, 1.807) is 31.2 Å². The molecule has 0 spiro atoms. The van der Waals surface area contributed by atoms with Crippen LogP contribution in [0.15, 0.2) is 36.4 Å². The van der Waals surface area contributed by atoms with Crippen LogP contribution in [0.4, 0.5) is 8.78 Å². The number of hydrogen-bond donors (Lipinski definition) is 1. The van der Waals surface area contributed by atoms with Crippen molar-refractivity contribution in [1.29, 1.82) is 0 Å². The first-order chi connectivity index (χ1) is 12.4. The quantitative estimate of drug-likeness (QED) is 0.739. The summed E-state index contributed by atoms with van der Waals surface area (Å²) in [5, 5.41) is 9.12. The van der Waals surface area contributed by atoms with Gasteiger partial charge in [-0.25, -0.2) is 8.78 Å². The van der Waals surface area contributed by atoms with Gasteiger partial charge in [0.25, 0.3) is 5.91 Å². The van der Waals surface area contributed by atoms with E-state index in [2.05, 4.69) is 10.2 Å². The van der Waals surface area contributed by atoms with Gasteiger partial charge < -0.3 is 10.5 Å². The van der Waals surface area contributed by atoms with Gasteiger partial charge in [-0.3, -0.25) is 4.79 Å². The van der Waals surface area contributed by atoms with Crippen LogP contribution >= 0.6 is 11.6 Å². The molecule has 0 atom stereocenters. The van der Waals surface area contributed by atoms with E-state index < -0.39 is 23.1 Å². The van der Waals surface area contributed by atoms with Crippen LogP contribution in [0.25, 0.3) is 5.69 Å². The Bertz CT molecular complexity index is 974. The number of nitrogens with zero attached hydrogens (tertiary/aromatic N) is 3. The van der Waals surface area contributed by atoms with Crippen molar-refractivity contribution in [1.82, 2.24) is 15.0 Å². The number of aryl methyl sites for hydroxylation is 1. The first-order valence-electron chi connectivity index (χ1n) is 7.46. The van der Waals surface area contributed by atoms with Crippen molar-refractivity contribution < 1.29 is 18.3 Å². The van der Waals surface area contributed by atoms with Crippen molar-refractivity contribution in [3.8, 4) is 11.4 Å². The minimum Gasteiger partial charge on any atom is -0.484 e. The highest BCUT2D eigenvalue weighted by Gasteiger charge is 2.20. The molecule has 0 bridgehead atoms. The number of benzene rings is 2. The molecule has 0 saturated heterocycles. The normalized spacial score (nSPS) is 10.8. The largest absolute Gasteiger partial charge is 0.484 e. The van der Waals surface area contributed by atoms with E-state index in [0.717, 1.165) is 12.1 Å². The number of carbonyl (C=O) groups is 1. The van der Waals surface area contributed by atoms with Gasteiger partial charge in [0.2, 0.25) is 0 Å². The number of halogens is 3. The summed E-state index contributed by atoms with van der Waals surface area (Å²) in [5.74, 6) is -3.72. The Hall–Kier alpha value is -3.00. The molecule has 134 valence electrons. The van der Waals surface area contributed by atoms with Crippen LogP contribution in [0.2, 0.25) is 5.02 Å². The smallest absolute Gasteiger partial charge is 0.254 e. The average molecular weight is 379 g/mol. The summed E-state index contributed by atoms with van der Waals surface area (Å²) in [7, 11) is 0. The van der Waals surface area contributed by atoms with Crippen molar-refractivity contribution in [3.63, 3.8) is 0 Å². The van der Waals surface area contributed by atoms with Crippen LogP contribution in [0.5, 0.6) is 5.75 Å². The summed E-state index contributed by atoms with van der Waals surface area (Å²) >= 11 is 5.85. The van der Waals surface area contributed by atoms with E-state index >= 15 is 0 Å². The second-order valence-corrected chi connectivity index (χ2v) is 5.82. The second kappa shape index (κ2) is 7.09. The fourth-order valence-electron chi connectivity index (χ4n) is 2.25. The minimum absolute atomic E-state index is 0.125. The number of ether oxygens (including phenoxy) is 1. The number of primary amides is 1. The van der Waals surface area contributed by atoms with Crippen LogP contribution < -0.4 is 10.5 Å². The molecule has 2 aromatic carbocycles. The third kappa shape index (κ3) is 3.50. The van der Waals surface area contributed by atoms with E-state index in [4.69, 9.17) is 22.1 Å². The lowest BCUT2D eigenvalue weighted by molar-refractivity contribution is 0.0991. The Kier molecular flexibility index (Phi) is 4.85. The van der Waals surface area contributed by atoms with Gasteiger partial charge in [0.05, 0.1) is 11.4 Å². The highest BCUT2D eigenvalue weighted by Crippen LogP contribution is 2.24. The van der Waals surface area contributed by atoms with Gasteiger partial charge >= 0.3 is 0 Å². The van der Waals surface area contributed by atoms with Crippen molar-refractivity contribution >= 4 is 17.5 Å². The Morgan fingerprint density at radius 3 is 2.54 bits per heavy atom. The molecular weight excluding hydrogens is 366 g/mol. The lowest BCUT2D eigenvalue weighted by Crippen LogP contribution is -2.16. The summed E-state index contributed by atoms with van der Waals surface area (Å²) in [5.41, 5.74) is 5.84. The highest BCUT2D eigenvalue weighted by molar-refractivity contribution is 6.30. The third-order valence-electron chi connectivity index (χ3n) is 3.60. The highest BCUT2D eigenvalue weighted by atomic mass is 35.5. The fraction of sp³-hybridized carbons (Fsp3) is 0.118. The average Bonchev–Trinajstić information content (AvgIpc) is 2.95. The summed E-state index contributed by atoms with van der Waals surface area (Å²) in [6, 6.07) is 8.87. The first kappa shape index (κ1) is 17.8. The minimum atomic E-state index is -1.21. The van der Waals surface area contributed by atoms with Gasteiger partial charge in [0.15, 0.2) is 11.6 Å². The van der Waals surface area contributed by atoms with Crippen LogP contribution in [-0.2, 0) is 6.61 Å². The number of hydrogen-bond acceptors (Lipinski definition) is 4. The maximum absolute atomic E-state index is 14.2. The molecule has 0 fully saturated rings. The molecule has 0 radical (unpaired) electrons. The lowest BCUT2D eigenvalue weighted by Gasteiger charge is -2.08. The molecule has 3 rings (SSSR count). The zero-order valence-corrected chi connectivity index (χ0v) is 14.3. The van der Waals surface area contributed by atoms with Gasteiger partial charge in [-0.15, -0.1) is 5.10 Å². The van der Waals surface area contributed by atoms with Crippen LogP contribution in [0, 0.1) is 18.6 Å². The molecule has 1 heterocycles. The third-order valence-corrected chi connectivity index (χ3v) is 3.85. The van der Waals surface area contributed by atoms with Gasteiger partial charge in [0.1, 0.15) is 23.7 Å². The predicted molar refractivity (Wildman–Crippen MR) is 90.3 cm³/mol. The SMILES string of the molecule is Cc1nn(-c2ccc(Cl)cc2)nc1COc1ccc(F)c(C(N)=O)c1F. The molecule has 6 nitrogen and oxygen atoms in total. The Morgan fingerprint density at radius 2 is 1.88 bits per heavy atom. The van der Waals surface area contributed by atoms with Crippen molar-refractivity contribution in [2.24, 2.45) is 5.73 Å². The Labute approximate surface area is 152 Å². The van der Waals surface area contributed by atoms with E-state index in [0.29, 0.717) is 22.1 Å². The Morgan fingerprint density at radius 1 is 1.19 bits per heavy atom. The van der Waals surface area contributed by atoms with Gasteiger partial charge in [0, 0.05) is 5.02 Å². The zero-order valence-electron chi connectivity index (χ0n) is 13.5. The molecule has 2 N–H and O–H groups in total. The van der Waals surface area contributed by atoms with Gasteiger partial charge in [-0.2, -0.15) is 9.90 Å². The number of nitrogens with two attached hydrogens (primary N) is 1. The monoisotopic (exact) mass is 378 g/mol. The topological polar surface area (TPSA) is 83.0 Å². The van der Waals surface area contributed by atoms with Crippen molar-refractivity contribution in [2.45, 2.75) is 13.5 Å². The molecule has 0 saturated carbocycles. The molecule has 9 heteroatoms. The molecule has 1 aromatic heterocycles. The van der Waals surface area contributed by atoms with Crippen molar-refractivity contribution in [2.75, 3.05) is 0 Å². The predicted octanol–water partition coefficient (Wildman–Crippen LogP) is 3.19. The molecule has 1 amide bonds. The number of rotatable bonds is 5. The fourth-order valence-corrected chi connectivity index (χ4v) is 2.37. The van der Waals surface area contributed by atoms with Gasteiger partial charge in [-0.1, -0.05) is 11.6 Å². The van der Waals surface area contributed by atoms with Crippen LogP contribution in [-0.4, -0.2) is 20.9 Å². The lowest BCUT2D eigenvalue weighted by atomic mass is 10.1. The van der Waals surface area contributed by atoms with E-state index in [9.17, 15) is 13.6 Å². The molecule has 0 unspecified atom stereocenters. The van der Waals surface area contributed by atoms with Crippen LogP contribution in [0.3, 0.4) is 0 Å². The molecule has 0 aliphatic carbocycles. The molecule has 0 aliphatic heterocycles. The number of carbonyl (C=O) groups excluding carboxylic acids is 1. The second-order valence-electron chi connectivity index (χ2n) is 5.39. The number of aromatic nitrogens is 3. The van der Waals surface area contributed by atoms with E-state index in [1.165, 1.54) is 4.80 Å². The first-order valence-corrected chi connectivity index (χ1v) is 7.84. The van der Waals surface area contributed by atoms with E-state index in [-0.39, 0.29) is 12.4 Å².